The third-order valence-corrected chi connectivity index (χ3v) is 4.75. The molecule has 25 heavy (non-hydrogen) atoms. The average Bonchev–Trinajstić information content (AvgIpc) is 2.67. The minimum atomic E-state index is -0.163. The molecule has 2 aromatic carbocycles. The highest BCUT2D eigenvalue weighted by molar-refractivity contribution is 9.10. The zero-order chi connectivity index (χ0) is 17.6. The van der Waals surface area contributed by atoms with Crippen LogP contribution in [0.2, 0.25) is 0 Å². The molecule has 1 amide bonds. The molecule has 0 saturated carbocycles. The summed E-state index contributed by atoms with van der Waals surface area (Å²) in [5, 5.41) is 0. The standard InChI is InChI=1S/C20H19BrN2O2/c21-17-8-6-16(7-9-17)19(24)10-11-20(25)23-14-12-22(13-15-23)18-4-2-1-3-5-18/h1-11H,12-15H2/b11-10+. The van der Waals surface area contributed by atoms with Gasteiger partial charge in [-0.1, -0.05) is 34.1 Å². The normalized spacial score (nSPS) is 14.8. The molecule has 4 nitrogen and oxygen atoms in total. The van der Waals surface area contributed by atoms with E-state index >= 15 is 0 Å². The number of carbonyl (C=O) groups is 2. The van der Waals surface area contributed by atoms with Gasteiger partial charge < -0.3 is 9.80 Å². The second-order valence-corrected chi connectivity index (χ2v) is 6.77. The number of carbonyl (C=O) groups excluding carboxylic acids is 2. The van der Waals surface area contributed by atoms with Crippen LogP contribution in [-0.2, 0) is 4.79 Å². The van der Waals surface area contributed by atoms with Crippen molar-refractivity contribution in [2.45, 2.75) is 0 Å². The van der Waals surface area contributed by atoms with Crippen molar-refractivity contribution in [2.75, 3.05) is 31.1 Å². The molecule has 0 spiro atoms. The summed E-state index contributed by atoms with van der Waals surface area (Å²) >= 11 is 3.34. The summed E-state index contributed by atoms with van der Waals surface area (Å²) in [6.45, 7) is 2.91. The van der Waals surface area contributed by atoms with Gasteiger partial charge in [0, 0.05) is 48.0 Å². The second-order valence-electron chi connectivity index (χ2n) is 5.85. The SMILES string of the molecule is O=C(/C=C/C(=O)N1CCN(c2ccccc2)CC1)c1ccc(Br)cc1. The molecule has 0 radical (unpaired) electrons. The van der Waals surface area contributed by atoms with Crippen LogP contribution in [0.3, 0.4) is 0 Å². The number of anilines is 1. The third-order valence-electron chi connectivity index (χ3n) is 4.22. The van der Waals surface area contributed by atoms with Crippen LogP contribution in [0, 0.1) is 0 Å². The average molecular weight is 399 g/mol. The Bertz CT molecular complexity index is 764. The van der Waals surface area contributed by atoms with Crippen LogP contribution >= 0.6 is 15.9 Å². The summed E-state index contributed by atoms with van der Waals surface area (Å²) in [5.74, 6) is -0.276. The monoisotopic (exact) mass is 398 g/mol. The first kappa shape index (κ1) is 17.4. The Kier molecular flexibility index (Phi) is 5.66. The smallest absolute Gasteiger partial charge is 0.246 e. The highest BCUT2D eigenvalue weighted by Gasteiger charge is 2.19. The number of benzene rings is 2. The van der Waals surface area contributed by atoms with Gasteiger partial charge in [0.2, 0.25) is 5.91 Å². The van der Waals surface area contributed by atoms with E-state index in [1.54, 1.807) is 17.0 Å². The van der Waals surface area contributed by atoms with Gasteiger partial charge in [-0.15, -0.1) is 0 Å². The first-order valence-corrected chi connectivity index (χ1v) is 9.00. The van der Waals surface area contributed by atoms with Crippen molar-refractivity contribution in [2.24, 2.45) is 0 Å². The quantitative estimate of drug-likeness (QED) is 0.584. The topological polar surface area (TPSA) is 40.6 Å². The van der Waals surface area contributed by atoms with Crippen LogP contribution < -0.4 is 4.90 Å². The number of nitrogens with zero attached hydrogens (tertiary/aromatic N) is 2. The van der Waals surface area contributed by atoms with Crippen LogP contribution in [0.25, 0.3) is 0 Å². The summed E-state index contributed by atoms with van der Waals surface area (Å²) in [4.78, 5) is 28.4. The molecule has 128 valence electrons. The molecule has 0 N–H and O–H groups in total. The maximum absolute atomic E-state index is 12.3. The van der Waals surface area contributed by atoms with Crippen molar-refractivity contribution < 1.29 is 9.59 Å². The van der Waals surface area contributed by atoms with Crippen LogP contribution in [-0.4, -0.2) is 42.8 Å². The molecule has 0 unspecified atom stereocenters. The van der Waals surface area contributed by atoms with E-state index in [-0.39, 0.29) is 11.7 Å². The van der Waals surface area contributed by atoms with Crippen LogP contribution in [0.4, 0.5) is 5.69 Å². The molecular weight excluding hydrogens is 380 g/mol. The molecule has 0 aromatic heterocycles. The summed E-state index contributed by atoms with van der Waals surface area (Å²) in [7, 11) is 0. The van der Waals surface area contributed by atoms with Crippen LogP contribution in [0.1, 0.15) is 10.4 Å². The molecule has 1 heterocycles. The lowest BCUT2D eigenvalue weighted by atomic mass is 10.1. The van der Waals surface area contributed by atoms with Gasteiger partial charge >= 0.3 is 0 Å². The minimum Gasteiger partial charge on any atom is -0.368 e. The molecular formula is C20H19BrN2O2. The number of hydrogen-bond donors (Lipinski definition) is 0. The van der Waals surface area contributed by atoms with Crippen molar-refractivity contribution >= 4 is 33.3 Å². The van der Waals surface area contributed by atoms with Crippen molar-refractivity contribution in [3.8, 4) is 0 Å². The van der Waals surface area contributed by atoms with Crippen molar-refractivity contribution in [3.05, 3.63) is 76.8 Å². The fourth-order valence-corrected chi connectivity index (χ4v) is 3.05. The third kappa shape index (κ3) is 4.57. The van der Waals surface area contributed by atoms with Gasteiger partial charge in [0.05, 0.1) is 0 Å². The number of amides is 1. The Balaban J connectivity index is 1.54. The van der Waals surface area contributed by atoms with Crippen molar-refractivity contribution in [1.82, 2.24) is 4.90 Å². The molecule has 0 aliphatic carbocycles. The summed E-state index contributed by atoms with van der Waals surface area (Å²) in [5.41, 5.74) is 1.75. The number of halogens is 1. The minimum absolute atomic E-state index is 0.113. The number of hydrogen-bond acceptors (Lipinski definition) is 3. The van der Waals surface area contributed by atoms with E-state index < -0.39 is 0 Å². The highest BCUT2D eigenvalue weighted by atomic mass is 79.9. The number of allylic oxidation sites excluding steroid dienone is 1. The van der Waals surface area contributed by atoms with Crippen LogP contribution in [0.5, 0.6) is 0 Å². The van der Waals surface area contributed by atoms with Gasteiger partial charge in [-0.25, -0.2) is 0 Å². The second kappa shape index (κ2) is 8.12. The maximum atomic E-state index is 12.3. The van der Waals surface area contributed by atoms with Crippen LogP contribution in [0.15, 0.2) is 71.2 Å². The lowest BCUT2D eigenvalue weighted by Crippen LogP contribution is -2.48. The van der Waals surface area contributed by atoms with E-state index in [2.05, 4.69) is 33.0 Å². The Morgan fingerprint density at radius 2 is 1.48 bits per heavy atom. The van der Waals surface area contributed by atoms with Gasteiger partial charge in [0.15, 0.2) is 5.78 Å². The summed E-state index contributed by atoms with van der Waals surface area (Å²) in [6, 6.07) is 17.3. The molecule has 1 aliphatic heterocycles. The van der Waals surface area contributed by atoms with E-state index in [1.807, 2.05) is 30.3 Å². The number of rotatable bonds is 4. The first-order valence-electron chi connectivity index (χ1n) is 8.20. The molecule has 1 fully saturated rings. The Labute approximate surface area is 155 Å². The van der Waals surface area contributed by atoms with Gasteiger partial charge in [-0.2, -0.15) is 0 Å². The fourth-order valence-electron chi connectivity index (χ4n) is 2.79. The molecule has 5 heteroatoms. The summed E-state index contributed by atoms with van der Waals surface area (Å²) < 4.78 is 0.917. The zero-order valence-corrected chi connectivity index (χ0v) is 15.4. The lowest BCUT2D eigenvalue weighted by Gasteiger charge is -2.35. The molecule has 0 atom stereocenters. The predicted molar refractivity (Wildman–Crippen MR) is 103 cm³/mol. The van der Waals surface area contributed by atoms with Gasteiger partial charge in [0.1, 0.15) is 0 Å². The number of piperazine rings is 1. The van der Waals surface area contributed by atoms with E-state index in [1.165, 1.54) is 17.8 Å². The highest BCUT2D eigenvalue weighted by Crippen LogP contribution is 2.16. The lowest BCUT2D eigenvalue weighted by molar-refractivity contribution is -0.126. The first-order chi connectivity index (χ1) is 12.1. The van der Waals surface area contributed by atoms with Gasteiger partial charge in [-0.3, -0.25) is 9.59 Å². The number of ketones is 1. The molecule has 0 bridgehead atoms. The van der Waals surface area contributed by atoms with Gasteiger partial charge in [0.25, 0.3) is 0 Å². The summed E-state index contributed by atoms with van der Waals surface area (Å²) in [6.07, 6.45) is 2.73. The number of para-hydroxylation sites is 1. The Hall–Kier alpha value is -2.40. The molecule has 3 rings (SSSR count). The molecule has 1 aliphatic rings. The maximum Gasteiger partial charge on any atom is 0.246 e. The van der Waals surface area contributed by atoms with E-state index in [4.69, 9.17) is 0 Å². The zero-order valence-electron chi connectivity index (χ0n) is 13.8. The van der Waals surface area contributed by atoms with E-state index in [0.29, 0.717) is 18.7 Å². The molecule has 2 aromatic rings. The molecule has 1 saturated heterocycles. The Morgan fingerprint density at radius 1 is 0.840 bits per heavy atom. The largest absolute Gasteiger partial charge is 0.368 e. The van der Waals surface area contributed by atoms with E-state index in [0.717, 1.165) is 17.6 Å². The fraction of sp³-hybridized carbons (Fsp3) is 0.200. The Morgan fingerprint density at radius 3 is 2.12 bits per heavy atom. The van der Waals surface area contributed by atoms with E-state index in [9.17, 15) is 9.59 Å². The van der Waals surface area contributed by atoms with Crippen molar-refractivity contribution in [1.29, 1.82) is 0 Å². The predicted octanol–water partition coefficient (Wildman–Crippen LogP) is 3.54. The van der Waals surface area contributed by atoms with Crippen molar-refractivity contribution in [3.63, 3.8) is 0 Å². The van der Waals surface area contributed by atoms with Gasteiger partial charge in [-0.05, 0) is 42.5 Å².